The van der Waals surface area contributed by atoms with Crippen molar-refractivity contribution in [3.05, 3.63) is 58.1 Å². The summed E-state index contributed by atoms with van der Waals surface area (Å²) in [5.41, 5.74) is 1.68. The Bertz CT molecular complexity index is 1020. The number of hydrogen-bond donors (Lipinski definition) is 2. The molecule has 0 aromatic heterocycles. The quantitative estimate of drug-likeness (QED) is 0.527. The number of carbonyl (C=O) groups excluding carboxylic acids is 1. The van der Waals surface area contributed by atoms with E-state index in [0.717, 1.165) is 18.4 Å². The van der Waals surface area contributed by atoms with Gasteiger partial charge in [-0.15, -0.1) is 0 Å². The van der Waals surface area contributed by atoms with Gasteiger partial charge in [0.1, 0.15) is 0 Å². The zero-order chi connectivity index (χ0) is 21.0. The smallest absolute Gasteiger partial charge is 0.271 e. The van der Waals surface area contributed by atoms with Crippen LogP contribution in [-0.2, 0) is 14.8 Å². The number of nitrogens with one attached hydrogen (secondary N) is 2. The molecule has 1 saturated heterocycles. The Labute approximate surface area is 168 Å². The minimum Gasteiger partial charge on any atom is -0.376 e. The lowest BCUT2D eigenvalue weighted by Crippen LogP contribution is -2.27. The van der Waals surface area contributed by atoms with Crippen molar-refractivity contribution in [2.75, 3.05) is 30.3 Å². The molecule has 1 fully saturated rings. The van der Waals surface area contributed by atoms with Crippen LogP contribution in [0.4, 0.5) is 17.1 Å². The van der Waals surface area contributed by atoms with Gasteiger partial charge in [0.25, 0.3) is 5.69 Å². The number of anilines is 2. The van der Waals surface area contributed by atoms with Crippen LogP contribution in [0.3, 0.4) is 0 Å². The van der Waals surface area contributed by atoms with Gasteiger partial charge in [0.15, 0.2) is 0 Å². The van der Waals surface area contributed by atoms with E-state index in [-0.39, 0.29) is 23.0 Å². The Morgan fingerprint density at radius 1 is 1.14 bits per heavy atom. The second-order valence-corrected chi connectivity index (χ2v) is 8.73. The highest BCUT2D eigenvalue weighted by Crippen LogP contribution is 2.23. The molecule has 0 bridgehead atoms. The van der Waals surface area contributed by atoms with E-state index >= 15 is 0 Å². The van der Waals surface area contributed by atoms with Gasteiger partial charge < -0.3 is 10.6 Å². The second-order valence-electron chi connectivity index (χ2n) is 6.79. The molecule has 1 aliphatic rings. The number of hydrogen-bond acceptors (Lipinski definition) is 6. The first-order chi connectivity index (χ1) is 13.8. The molecule has 1 heterocycles. The first kappa shape index (κ1) is 20.7. The van der Waals surface area contributed by atoms with Gasteiger partial charge in [-0.05, 0) is 49.6 Å². The predicted molar refractivity (Wildman–Crippen MR) is 109 cm³/mol. The van der Waals surface area contributed by atoms with Gasteiger partial charge in [-0.25, -0.2) is 8.42 Å². The summed E-state index contributed by atoms with van der Waals surface area (Å²) in [4.78, 5) is 22.8. The van der Waals surface area contributed by atoms with Crippen LogP contribution in [-0.4, -0.2) is 43.2 Å². The molecule has 154 valence electrons. The topological polar surface area (TPSA) is 122 Å². The second kappa shape index (κ2) is 8.58. The lowest BCUT2D eigenvalue weighted by Gasteiger charge is -2.15. The minimum atomic E-state index is -3.49. The first-order valence-corrected chi connectivity index (χ1v) is 10.6. The van der Waals surface area contributed by atoms with E-state index in [1.54, 1.807) is 25.1 Å². The molecule has 2 aromatic carbocycles. The highest BCUT2D eigenvalue weighted by molar-refractivity contribution is 7.89. The predicted octanol–water partition coefficient (Wildman–Crippen LogP) is 2.74. The monoisotopic (exact) mass is 418 g/mol. The molecule has 1 aliphatic heterocycles. The van der Waals surface area contributed by atoms with Crippen molar-refractivity contribution in [2.45, 2.75) is 24.7 Å². The molecule has 0 spiro atoms. The number of carbonyl (C=O) groups is 1. The number of sulfonamides is 1. The molecule has 9 nitrogen and oxygen atoms in total. The molecule has 0 aliphatic carbocycles. The number of benzene rings is 2. The maximum absolute atomic E-state index is 12.5. The molecule has 1 amide bonds. The minimum absolute atomic E-state index is 0.0618. The number of nitro groups is 1. The number of nitro benzene ring substituents is 1. The van der Waals surface area contributed by atoms with E-state index in [1.165, 1.54) is 28.6 Å². The molecule has 29 heavy (non-hydrogen) atoms. The fourth-order valence-corrected chi connectivity index (χ4v) is 4.60. The number of nitrogens with zero attached hydrogens (tertiary/aromatic N) is 2. The molecule has 10 heteroatoms. The third-order valence-electron chi connectivity index (χ3n) is 4.71. The number of rotatable bonds is 7. The zero-order valence-electron chi connectivity index (χ0n) is 15.9. The van der Waals surface area contributed by atoms with Crippen LogP contribution in [0, 0.1) is 17.0 Å². The number of aryl methyl sites for hydroxylation is 1. The highest BCUT2D eigenvalue weighted by Gasteiger charge is 2.26. The van der Waals surface area contributed by atoms with E-state index < -0.39 is 14.9 Å². The average molecular weight is 418 g/mol. The fraction of sp³-hybridized carbons (Fsp3) is 0.316. The maximum atomic E-state index is 12.5. The van der Waals surface area contributed by atoms with Crippen molar-refractivity contribution in [2.24, 2.45) is 0 Å². The SMILES string of the molecule is Cc1ccc([N+](=O)[O-])cc1NCC(=O)Nc1ccc(S(=O)(=O)N2CCCC2)cc1. The first-order valence-electron chi connectivity index (χ1n) is 9.16. The van der Waals surface area contributed by atoms with Gasteiger partial charge in [0, 0.05) is 36.6 Å². The Kier molecular flexibility index (Phi) is 6.14. The van der Waals surface area contributed by atoms with Crippen LogP contribution in [0.5, 0.6) is 0 Å². The van der Waals surface area contributed by atoms with Crippen LogP contribution in [0.1, 0.15) is 18.4 Å². The van der Waals surface area contributed by atoms with Gasteiger partial charge in [-0.2, -0.15) is 4.31 Å². The van der Waals surface area contributed by atoms with Crippen LogP contribution in [0.25, 0.3) is 0 Å². The van der Waals surface area contributed by atoms with E-state index in [1.807, 2.05) is 0 Å². The normalized spacial score (nSPS) is 14.5. The summed E-state index contributed by atoms with van der Waals surface area (Å²) in [5, 5.41) is 16.4. The number of amides is 1. The summed E-state index contributed by atoms with van der Waals surface area (Å²) in [6.07, 6.45) is 1.73. The van der Waals surface area contributed by atoms with Gasteiger partial charge in [-0.3, -0.25) is 14.9 Å². The maximum Gasteiger partial charge on any atom is 0.271 e. The van der Waals surface area contributed by atoms with Gasteiger partial charge >= 0.3 is 0 Å². The third-order valence-corrected chi connectivity index (χ3v) is 6.63. The lowest BCUT2D eigenvalue weighted by atomic mass is 10.2. The molecule has 0 unspecified atom stereocenters. The molecule has 0 radical (unpaired) electrons. The van der Waals surface area contributed by atoms with Gasteiger partial charge in [-0.1, -0.05) is 6.07 Å². The van der Waals surface area contributed by atoms with Crippen molar-refractivity contribution in [3.63, 3.8) is 0 Å². The summed E-state index contributed by atoms with van der Waals surface area (Å²) in [6.45, 7) is 2.76. The standard InChI is InChI=1S/C19H22N4O5S/c1-14-4-7-16(23(25)26)12-18(14)20-13-19(24)21-15-5-8-17(9-6-15)29(27,28)22-10-2-3-11-22/h4-9,12,20H,2-3,10-11,13H2,1H3,(H,21,24). The molecule has 0 atom stereocenters. The van der Waals surface area contributed by atoms with Crippen molar-refractivity contribution in [3.8, 4) is 0 Å². The van der Waals surface area contributed by atoms with E-state index in [0.29, 0.717) is 24.5 Å². The molecule has 2 N–H and O–H groups in total. The van der Waals surface area contributed by atoms with Crippen LogP contribution in [0.15, 0.2) is 47.4 Å². The number of non-ortho nitro benzene ring substituents is 1. The van der Waals surface area contributed by atoms with Crippen LogP contribution < -0.4 is 10.6 Å². The molecule has 0 saturated carbocycles. The van der Waals surface area contributed by atoms with Gasteiger partial charge in [0.05, 0.1) is 16.4 Å². The fourth-order valence-electron chi connectivity index (χ4n) is 3.08. The van der Waals surface area contributed by atoms with Crippen molar-refractivity contribution < 1.29 is 18.1 Å². The van der Waals surface area contributed by atoms with E-state index in [2.05, 4.69) is 10.6 Å². The van der Waals surface area contributed by atoms with E-state index in [9.17, 15) is 23.3 Å². The van der Waals surface area contributed by atoms with Gasteiger partial charge in [0.2, 0.25) is 15.9 Å². The van der Waals surface area contributed by atoms with Crippen LogP contribution in [0.2, 0.25) is 0 Å². The van der Waals surface area contributed by atoms with Crippen LogP contribution >= 0.6 is 0 Å². The summed E-state index contributed by atoms with van der Waals surface area (Å²) in [6, 6.07) is 10.4. The Balaban J connectivity index is 1.60. The lowest BCUT2D eigenvalue weighted by molar-refractivity contribution is -0.384. The van der Waals surface area contributed by atoms with Crippen molar-refractivity contribution in [1.82, 2.24) is 4.31 Å². The molecular weight excluding hydrogens is 396 g/mol. The average Bonchev–Trinajstić information content (AvgIpc) is 3.23. The summed E-state index contributed by atoms with van der Waals surface area (Å²) in [5.74, 6) is -0.356. The Hall–Kier alpha value is -2.98. The van der Waals surface area contributed by atoms with Crippen molar-refractivity contribution in [1.29, 1.82) is 0 Å². The summed E-state index contributed by atoms with van der Waals surface area (Å²) < 4.78 is 26.5. The Morgan fingerprint density at radius 3 is 2.41 bits per heavy atom. The molecular formula is C19H22N4O5S. The summed E-state index contributed by atoms with van der Waals surface area (Å²) >= 11 is 0. The molecule has 2 aromatic rings. The Morgan fingerprint density at radius 2 is 1.79 bits per heavy atom. The highest BCUT2D eigenvalue weighted by atomic mass is 32.2. The summed E-state index contributed by atoms with van der Waals surface area (Å²) in [7, 11) is -3.49. The van der Waals surface area contributed by atoms with Crippen molar-refractivity contribution >= 4 is 33.0 Å². The zero-order valence-corrected chi connectivity index (χ0v) is 16.7. The molecule has 3 rings (SSSR count). The third kappa shape index (κ3) is 4.90. The van der Waals surface area contributed by atoms with E-state index in [4.69, 9.17) is 0 Å². The largest absolute Gasteiger partial charge is 0.376 e.